The van der Waals surface area contributed by atoms with Gasteiger partial charge in [-0.2, -0.15) is 5.10 Å². The largest absolute Gasteiger partial charge is 0.478 e. The number of fused-ring (bicyclic) bond motifs is 1. The van der Waals surface area contributed by atoms with E-state index in [0.29, 0.717) is 0 Å². The third-order valence-electron chi connectivity index (χ3n) is 2.24. The summed E-state index contributed by atoms with van der Waals surface area (Å²) in [6.07, 6.45) is 1.36. The first kappa shape index (κ1) is 11.3. The summed E-state index contributed by atoms with van der Waals surface area (Å²) in [6.45, 7) is 3.99. The van der Waals surface area contributed by atoms with Crippen LogP contribution in [0.15, 0.2) is 12.3 Å². The molecule has 2 rings (SSSR count). The number of aromatic carboxylic acids is 1. The summed E-state index contributed by atoms with van der Waals surface area (Å²) in [5, 5.41) is 13.2. The first-order chi connectivity index (χ1) is 7.50. The first-order valence-electron chi connectivity index (χ1n) is 4.77. The van der Waals surface area contributed by atoms with Crippen LogP contribution in [0.5, 0.6) is 0 Å². The summed E-state index contributed by atoms with van der Waals surface area (Å²) in [4.78, 5) is 15.0. The number of halogens is 1. The molecule has 0 fully saturated rings. The number of carbonyl (C=O) groups is 1. The lowest BCUT2D eigenvalue weighted by Crippen LogP contribution is -2.04. The van der Waals surface area contributed by atoms with Crippen LogP contribution in [0.2, 0.25) is 0 Å². The number of pyridine rings is 1. The van der Waals surface area contributed by atoms with Crippen molar-refractivity contribution < 1.29 is 9.90 Å². The van der Waals surface area contributed by atoms with Crippen LogP contribution in [0.1, 0.15) is 30.2 Å². The van der Waals surface area contributed by atoms with E-state index in [1.165, 1.54) is 6.20 Å². The van der Waals surface area contributed by atoms with Crippen LogP contribution >= 0.6 is 22.6 Å². The Kier molecular flexibility index (Phi) is 2.83. The molecule has 0 bridgehead atoms. The van der Waals surface area contributed by atoms with Gasteiger partial charge in [-0.25, -0.2) is 4.79 Å². The van der Waals surface area contributed by atoms with Gasteiger partial charge in [0.2, 0.25) is 0 Å². The van der Waals surface area contributed by atoms with Crippen molar-refractivity contribution in [1.82, 2.24) is 14.8 Å². The zero-order valence-electron chi connectivity index (χ0n) is 8.81. The van der Waals surface area contributed by atoms with E-state index in [9.17, 15) is 4.79 Å². The molecule has 0 unspecified atom stereocenters. The zero-order valence-corrected chi connectivity index (χ0v) is 11.0. The molecule has 0 radical (unpaired) electrons. The highest BCUT2D eigenvalue weighted by atomic mass is 127. The Labute approximate surface area is 106 Å². The Hall–Kier alpha value is -1.18. The van der Waals surface area contributed by atoms with E-state index in [2.05, 4.69) is 32.7 Å². The van der Waals surface area contributed by atoms with Gasteiger partial charge in [0.05, 0.1) is 11.1 Å². The van der Waals surface area contributed by atoms with Gasteiger partial charge in [0.15, 0.2) is 0 Å². The maximum atomic E-state index is 10.9. The summed E-state index contributed by atoms with van der Waals surface area (Å²) in [5.41, 5.74) is 1.70. The van der Waals surface area contributed by atoms with Crippen molar-refractivity contribution in [3.63, 3.8) is 0 Å². The van der Waals surface area contributed by atoms with Crippen LogP contribution in [0.4, 0.5) is 0 Å². The van der Waals surface area contributed by atoms with E-state index < -0.39 is 5.97 Å². The van der Waals surface area contributed by atoms with E-state index >= 15 is 0 Å². The van der Waals surface area contributed by atoms with Crippen LogP contribution in [0, 0.1) is 3.70 Å². The molecule has 16 heavy (non-hydrogen) atoms. The molecular formula is C10H10IN3O2. The monoisotopic (exact) mass is 331 g/mol. The highest BCUT2D eigenvalue weighted by Crippen LogP contribution is 2.22. The van der Waals surface area contributed by atoms with Crippen molar-refractivity contribution in [3.8, 4) is 0 Å². The third-order valence-corrected chi connectivity index (χ3v) is 2.97. The summed E-state index contributed by atoms with van der Waals surface area (Å²) in [7, 11) is 0. The molecule has 0 saturated heterocycles. The predicted octanol–water partition coefficient (Wildman–Crippen LogP) is 2.31. The lowest BCUT2D eigenvalue weighted by molar-refractivity contribution is 0.0696. The van der Waals surface area contributed by atoms with E-state index in [1.54, 1.807) is 10.7 Å². The summed E-state index contributed by atoms with van der Waals surface area (Å²) in [6, 6.07) is 1.79. The average molecular weight is 331 g/mol. The quantitative estimate of drug-likeness (QED) is 0.858. The molecule has 1 N–H and O–H groups in total. The number of hydrogen-bond acceptors (Lipinski definition) is 3. The molecule has 0 aliphatic heterocycles. The van der Waals surface area contributed by atoms with Gasteiger partial charge in [-0.3, -0.25) is 9.67 Å². The van der Waals surface area contributed by atoms with Crippen LogP contribution in [-0.4, -0.2) is 25.8 Å². The predicted molar refractivity (Wildman–Crippen MR) is 67.6 cm³/mol. The lowest BCUT2D eigenvalue weighted by atomic mass is 10.2. The van der Waals surface area contributed by atoms with Crippen molar-refractivity contribution >= 4 is 39.6 Å². The molecular weight excluding hydrogens is 321 g/mol. The number of carboxylic acid groups (broad SMARTS) is 1. The van der Waals surface area contributed by atoms with Crippen molar-refractivity contribution in [2.45, 2.75) is 19.9 Å². The molecule has 0 aromatic carbocycles. The maximum absolute atomic E-state index is 10.9. The Morgan fingerprint density at radius 3 is 2.81 bits per heavy atom. The van der Waals surface area contributed by atoms with E-state index in [4.69, 9.17) is 5.11 Å². The molecule has 0 spiro atoms. The summed E-state index contributed by atoms with van der Waals surface area (Å²) in [5.74, 6) is -0.971. The van der Waals surface area contributed by atoms with E-state index in [-0.39, 0.29) is 11.6 Å². The fourth-order valence-electron chi connectivity index (χ4n) is 1.49. The van der Waals surface area contributed by atoms with Crippen LogP contribution in [-0.2, 0) is 0 Å². The highest BCUT2D eigenvalue weighted by Gasteiger charge is 2.14. The van der Waals surface area contributed by atoms with Gasteiger partial charge in [-0.15, -0.1) is 0 Å². The molecule has 6 heteroatoms. The van der Waals surface area contributed by atoms with Gasteiger partial charge >= 0.3 is 5.97 Å². The number of carboxylic acids is 1. The fraction of sp³-hybridized carbons (Fsp3) is 0.300. The second-order valence-electron chi connectivity index (χ2n) is 3.73. The van der Waals surface area contributed by atoms with Crippen molar-refractivity contribution in [1.29, 1.82) is 0 Å². The Bertz CT molecular complexity index is 562. The minimum absolute atomic E-state index is 0.178. The van der Waals surface area contributed by atoms with Crippen molar-refractivity contribution in [3.05, 3.63) is 21.5 Å². The first-order valence-corrected chi connectivity index (χ1v) is 5.85. The van der Waals surface area contributed by atoms with Crippen LogP contribution in [0.3, 0.4) is 0 Å². The fourth-order valence-corrected chi connectivity index (χ4v) is 2.14. The van der Waals surface area contributed by atoms with Gasteiger partial charge in [-0.1, -0.05) is 0 Å². The summed E-state index contributed by atoms with van der Waals surface area (Å²) < 4.78 is 2.58. The molecule has 5 nitrogen and oxygen atoms in total. The standard InChI is InChI=1S/C10H10IN3O2/c1-5(2)14-7-3-6(10(15)16)4-12-8(7)9(11)13-14/h3-5H,1-2H3,(H,15,16). The van der Waals surface area contributed by atoms with Crippen molar-refractivity contribution in [2.75, 3.05) is 0 Å². The molecule has 0 saturated carbocycles. The highest BCUT2D eigenvalue weighted by molar-refractivity contribution is 14.1. The molecule has 2 aromatic rings. The third kappa shape index (κ3) is 1.77. The second-order valence-corrected chi connectivity index (χ2v) is 4.75. The molecule has 0 aliphatic carbocycles. The number of hydrogen-bond donors (Lipinski definition) is 1. The average Bonchev–Trinajstić information content (AvgIpc) is 2.56. The van der Waals surface area contributed by atoms with E-state index in [0.717, 1.165) is 14.7 Å². The van der Waals surface area contributed by atoms with Crippen LogP contribution in [0.25, 0.3) is 11.0 Å². The normalized spacial score (nSPS) is 11.2. The molecule has 84 valence electrons. The van der Waals surface area contributed by atoms with Gasteiger partial charge in [-0.05, 0) is 42.5 Å². The summed E-state index contributed by atoms with van der Waals surface area (Å²) >= 11 is 2.10. The molecule has 2 aromatic heterocycles. The van der Waals surface area contributed by atoms with E-state index in [1.807, 2.05) is 13.8 Å². The van der Waals surface area contributed by atoms with Gasteiger partial charge < -0.3 is 5.11 Å². The number of rotatable bonds is 2. The topological polar surface area (TPSA) is 68.0 Å². The Morgan fingerprint density at radius 2 is 2.25 bits per heavy atom. The second kappa shape index (κ2) is 4.00. The Morgan fingerprint density at radius 1 is 1.56 bits per heavy atom. The minimum atomic E-state index is -0.971. The van der Waals surface area contributed by atoms with Gasteiger partial charge in [0, 0.05) is 12.2 Å². The molecule has 0 atom stereocenters. The SMILES string of the molecule is CC(C)n1nc(I)c2ncc(C(=O)O)cc21. The number of aromatic nitrogens is 3. The number of nitrogens with zero attached hydrogens (tertiary/aromatic N) is 3. The van der Waals surface area contributed by atoms with Gasteiger partial charge in [0.1, 0.15) is 9.22 Å². The maximum Gasteiger partial charge on any atom is 0.337 e. The van der Waals surface area contributed by atoms with Crippen LogP contribution < -0.4 is 0 Å². The Balaban J connectivity index is 2.74. The molecule has 0 amide bonds. The van der Waals surface area contributed by atoms with Gasteiger partial charge in [0.25, 0.3) is 0 Å². The zero-order chi connectivity index (χ0) is 11.9. The lowest BCUT2D eigenvalue weighted by Gasteiger charge is -2.06. The van der Waals surface area contributed by atoms with Crippen molar-refractivity contribution in [2.24, 2.45) is 0 Å². The smallest absolute Gasteiger partial charge is 0.337 e. The minimum Gasteiger partial charge on any atom is -0.478 e. The molecule has 2 heterocycles. The molecule has 0 aliphatic rings.